The third kappa shape index (κ3) is 4.13. The molecule has 0 radical (unpaired) electrons. The van der Waals surface area contributed by atoms with Crippen LogP contribution in [0.15, 0.2) is 65.9 Å². The quantitative estimate of drug-likeness (QED) is 0.441. The van der Waals surface area contributed by atoms with Crippen LogP contribution in [-0.2, 0) is 0 Å². The molecule has 0 saturated carbocycles. The Morgan fingerprint density at radius 2 is 1.89 bits per heavy atom. The molecule has 2 heterocycles. The Morgan fingerprint density at radius 3 is 2.56 bits per heavy atom. The minimum atomic E-state index is -1.45. The second-order valence-electron chi connectivity index (χ2n) is 5.85. The molecule has 1 aromatic heterocycles. The first kappa shape index (κ1) is 18.6. The fraction of sp³-hybridized carbons (Fsp3) is 0.211. The van der Waals surface area contributed by atoms with Crippen LogP contribution in [0.2, 0.25) is 0 Å². The summed E-state index contributed by atoms with van der Waals surface area (Å²) in [5.74, 6) is -1.45. The molecule has 0 saturated heterocycles. The van der Waals surface area contributed by atoms with Crippen LogP contribution in [0.5, 0.6) is 0 Å². The third-order valence-electron chi connectivity index (χ3n) is 4.02. The van der Waals surface area contributed by atoms with Crippen LogP contribution in [-0.4, -0.2) is 51.5 Å². The maximum absolute atomic E-state index is 12.2. The number of aromatic nitrogens is 1. The minimum absolute atomic E-state index is 0.0156. The molecule has 0 bridgehead atoms. The van der Waals surface area contributed by atoms with Crippen LogP contribution in [0.3, 0.4) is 0 Å². The van der Waals surface area contributed by atoms with Crippen molar-refractivity contribution >= 4 is 23.7 Å². The van der Waals surface area contributed by atoms with Crippen LogP contribution < -0.4 is 10.6 Å². The van der Waals surface area contributed by atoms with Crippen LogP contribution in [0, 0.1) is 0 Å². The zero-order valence-corrected chi connectivity index (χ0v) is 14.6. The van der Waals surface area contributed by atoms with Crippen LogP contribution in [0.25, 0.3) is 5.70 Å². The molecule has 0 fully saturated rings. The second kappa shape index (κ2) is 8.43. The Morgan fingerprint density at radius 1 is 1.15 bits per heavy atom. The summed E-state index contributed by atoms with van der Waals surface area (Å²) < 4.78 is 0. The number of pyridine rings is 1. The lowest BCUT2D eigenvalue weighted by Crippen LogP contribution is -2.64. The van der Waals surface area contributed by atoms with Gasteiger partial charge in [-0.3, -0.25) is 10.3 Å². The highest BCUT2D eigenvalue weighted by Gasteiger charge is 2.43. The summed E-state index contributed by atoms with van der Waals surface area (Å²) >= 11 is 0. The highest BCUT2D eigenvalue weighted by Crippen LogP contribution is 2.31. The number of carbonyl (C=O) groups is 1. The van der Waals surface area contributed by atoms with Gasteiger partial charge in [0.05, 0.1) is 5.70 Å². The molecule has 4 N–H and O–H groups in total. The smallest absolute Gasteiger partial charge is 0.416 e. The Labute approximate surface area is 156 Å². The number of hydrogen-bond donors (Lipinski definition) is 4. The van der Waals surface area contributed by atoms with Gasteiger partial charge in [-0.05, 0) is 36.8 Å². The molecule has 8 heteroatoms. The zero-order valence-electron chi connectivity index (χ0n) is 14.6. The van der Waals surface area contributed by atoms with Crippen molar-refractivity contribution in [1.82, 2.24) is 15.2 Å². The van der Waals surface area contributed by atoms with Gasteiger partial charge in [-0.15, -0.1) is 0 Å². The van der Waals surface area contributed by atoms with E-state index in [0.717, 1.165) is 4.90 Å². The van der Waals surface area contributed by atoms with Gasteiger partial charge in [0.1, 0.15) is 0 Å². The van der Waals surface area contributed by atoms with Gasteiger partial charge >= 0.3 is 6.09 Å². The number of carboxylic acid groups (broad SMARTS) is 1. The molecular weight excluding hydrogens is 346 g/mol. The van der Waals surface area contributed by atoms with Crippen LogP contribution >= 0.6 is 0 Å². The highest BCUT2D eigenvalue weighted by atomic mass is 16.4. The summed E-state index contributed by atoms with van der Waals surface area (Å²) in [6.45, 7) is 0.347. The van der Waals surface area contributed by atoms with Crippen LogP contribution in [0.1, 0.15) is 12.0 Å². The van der Waals surface area contributed by atoms with Gasteiger partial charge in [-0.1, -0.05) is 18.2 Å². The van der Waals surface area contributed by atoms with E-state index in [1.165, 1.54) is 0 Å². The second-order valence-corrected chi connectivity index (χ2v) is 5.85. The summed E-state index contributed by atoms with van der Waals surface area (Å²) in [5.41, 5.74) is 1.86. The average molecular weight is 367 g/mol. The fourth-order valence-electron chi connectivity index (χ4n) is 2.83. The molecule has 2 aromatic rings. The van der Waals surface area contributed by atoms with E-state index in [1.807, 2.05) is 30.3 Å². The lowest BCUT2D eigenvalue weighted by molar-refractivity contribution is 0.111. The lowest BCUT2D eigenvalue weighted by atomic mass is 10.1. The number of hydrogen-bond acceptors (Lipinski definition) is 6. The van der Waals surface area contributed by atoms with E-state index < -0.39 is 12.0 Å². The van der Waals surface area contributed by atoms with E-state index in [0.29, 0.717) is 29.9 Å². The first-order chi connectivity index (χ1) is 13.2. The van der Waals surface area contributed by atoms with Crippen molar-refractivity contribution in [3.8, 4) is 0 Å². The van der Waals surface area contributed by atoms with Gasteiger partial charge in [0.2, 0.25) is 0 Å². The van der Waals surface area contributed by atoms with E-state index in [4.69, 9.17) is 5.11 Å². The van der Waals surface area contributed by atoms with Crippen molar-refractivity contribution < 1.29 is 15.0 Å². The summed E-state index contributed by atoms with van der Waals surface area (Å²) in [7, 11) is 0. The molecule has 3 rings (SSSR count). The Kier molecular flexibility index (Phi) is 5.80. The molecule has 1 unspecified atom stereocenters. The van der Waals surface area contributed by atoms with E-state index in [9.17, 15) is 9.90 Å². The van der Waals surface area contributed by atoms with E-state index in [1.54, 1.807) is 36.8 Å². The minimum Gasteiger partial charge on any atom is -0.465 e. The molecule has 1 aliphatic rings. The molecule has 1 aliphatic heterocycles. The first-order valence-corrected chi connectivity index (χ1v) is 8.54. The molecule has 8 nitrogen and oxygen atoms in total. The summed E-state index contributed by atoms with van der Waals surface area (Å²) in [6, 6.07) is 12.7. The molecule has 1 aromatic carbocycles. The topological polar surface area (TPSA) is 110 Å². The van der Waals surface area contributed by atoms with Gasteiger partial charge in [0.25, 0.3) is 5.91 Å². The van der Waals surface area contributed by atoms with Gasteiger partial charge in [0.15, 0.2) is 0 Å². The number of allylic oxidation sites excluding steroid dienone is 1. The number of aliphatic hydroxyl groups is 1. The largest absolute Gasteiger partial charge is 0.465 e. The number of aliphatic hydroxyl groups excluding tert-OH is 1. The maximum Gasteiger partial charge on any atom is 0.416 e. The van der Waals surface area contributed by atoms with Crippen molar-refractivity contribution in [1.29, 1.82) is 0 Å². The average Bonchev–Trinajstić information content (AvgIpc) is 2.69. The number of aliphatic imine (C=N–C) groups is 1. The number of nitrogens with zero attached hydrogens (tertiary/aromatic N) is 3. The predicted molar refractivity (Wildman–Crippen MR) is 103 cm³/mol. The lowest BCUT2D eigenvalue weighted by Gasteiger charge is -2.43. The predicted octanol–water partition coefficient (Wildman–Crippen LogP) is 2.18. The van der Waals surface area contributed by atoms with E-state index >= 15 is 0 Å². The summed E-state index contributed by atoms with van der Waals surface area (Å²) in [6.07, 6.45) is 5.70. The number of rotatable bonds is 7. The normalized spacial score (nSPS) is 18.9. The van der Waals surface area contributed by atoms with Gasteiger partial charge in [-0.25, -0.2) is 14.7 Å². The number of anilines is 1. The van der Waals surface area contributed by atoms with E-state index in [-0.39, 0.29) is 6.61 Å². The molecule has 1 amide bonds. The standard InChI is InChI=1S/C19H21N5O3/c25-14-4-10-21-19(23-16-5-2-1-3-6-16)22-13-9-17(24(19)18(26)27)15-7-11-20-12-8-15/h1-3,5-9,11-13,21,23,25H,4,10,14H2,(H,26,27). The number of amides is 1. The highest BCUT2D eigenvalue weighted by molar-refractivity contribution is 5.93. The SMILES string of the molecule is O=C(O)N1C(c2ccncc2)=CC=NC1(NCCCO)Nc1ccccc1. The number of nitrogens with one attached hydrogen (secondary N) is 2. The van der Waals surface area contributed by atoms with Gasteiger partial charge in [0, 0.05) is 43.0 Å². The Balaban J connectivity index is 2.03. The van der Waals surface area contributed by atoms with Crippen molar-refractivity contribution in [2.24, 2.45) is 4.99 Å². The Hall–Kier alpha value is -3.23. The van der Waals surface area contributed by atoms with Crippen LogP contribution in [0.4, 0.5) is 10.5 Å². The molecule has 140 valence electrons. The van der Waals surface area contributed by atoms with Gasteiger partial charge in [-0.2, -0.15) is 0 Å². The Bertz CT molecular complexity index is 826. The summed E-state index contributed by atoms with van der Waals surface area (Å²) in [5, 5.41) is 25.5. The zero-order chi connectivity index (χ0) is 19.1. The number of para-hydroxylation sites is 1. The van der Waals surface area contributed by atoms with Crippen molar-refractivity contribution in [2.75, 3.05) is 18.5 Å². The third-order valence-corrected chi connectivity index (χ3v) is 4.02. The molecule has 1 atom stereocenters. The first-order valence-electron chi connectivity index (χ1n) is 8.54. The monoisotopic (exact) mass is 367 g/mol. The molecule has 27 heavy (non-hydrogen) atoms. The maximum atomic E-state index is 12.2. The molecule has 0 aliphatic carbocycles. The summed E-state index contributed by atoms with van der Waals surface area (Å²) in [4.78, 5) is 21.8. The van der Waals surface area contributed by atoms with Crippen molar-refractivity contribution in [3.05, 3.63) is 66.5 Å². The van der Waals surface area contributed by atoms with E-state index in [2.05, 4.69) is 20.6 Å². The fourth-order valence-corrected chi connectivity index (χ4v) is 2.83. The van der Waals surface area contributed by atoms with Crippen molar-refractivity contribution in [2.45, 2.75) is 12.3 Å². The van der Waals surface area contributed by atoms with Gasteiger partial charge < -0.3 is 15.5 Å². The molecular formula is C19H21N5O3. The van der Waals surface area contributed by atoms with Crippen molar-refractivity contribution in [3.63, 3.8) is 0 Å². The number of benzene rings is 1. The molecule has 0 spiro atoms.